The topological polar surface area (TPSA) is 32.3 Å². The van der Waals surface area contributed by atoms with Gasteiger partial charge in [0.2, 0.25) is 0 Å². The molecule has 0 bridgehead atoms. The quantitative estimate of drug-likeness (QED) is 0.750. The lowest BCUT2D eigenvalue weighted by Gasteiger charge is -2.31. The van der Waals surface area contributed by atoms with Gasteiger partial charge in [0, 0.05) is 19.0 Å². The second kappa shape index (κ2) is 3.63. The van der Waals surface area contributed by atoms with Crippen LogP contribution < -0.4 is 5.32 Å². The largest absolute Gasteiger partial charge is 0.388 e. The van der Waals surface area contributed by atoms with Crippen molar-refractivity contribution in [3.8, 4) is 0 Å². The first kappa shape index (κ1) is 9.55. The first-order chi connectivity index (χ1) is 6.68. The molecule has 1 aromatic rings. The first-order valence-corrected chi connectivity index (χ1v) is 4.52. The third-order valence-corrected chi connectivity index (χ3v) is 2.54. The van der Waals surface area contributed by atoms with Gasteiger partial charge in [-0.15, -0.1) is 0 Å². The molecule has 1 atom stereocenters. The standard InChI is InChI=1S/C10H11F2NO/c11-8-2-1-6(3-9(8)12)10(14)7-4-13-5-7/h1-3,7,10,13-14H,4-5H2. The summed E-state index contributed by atoms with van der Waals surface area (Å²) in [5.41, 5.74) is 0.440. The molecule has 1 aliphatic rings. The maximum Gasteiger partial charge on any atom is 0.159 e. The van der Waals surface area contributed by atoms with Crippen LogP contribution in [0.15, 0.2) is 18.2 Å². The van der Waals surface area contributed by atoms with Crippen molar-refractivity contribution in [3.05, 3.63) is 35.4 Å². The summed E-state index contributed by atoms with van der Waals surface area (Å²) in [6.07, 6.45) is -0.702. The Labute approximate surface area is 80.6 Å². The van der Waals surface area contributed by atoms with Crippen LogP contribution >= 0.6 is 0 Å². The summed E-state index contributed by atoms with van der Waals surface area (Å²) in [5, 5.41) is 12.7. The normalized spacial score (nSPS) is 19.1. The fourth-order valence-corrected chi connectivity index (χ4v) is 1.50. The second-order valence-corrected chi connectivity index (χ2v) is 3.54. The number of benzene rings is 1. The van der Waals surface area contributed by atoms with Crippen molar-refractivity contribution in [1.29, 1.82) is 0 Å². The average Bonchev–Trinajstić information content (AvgIpc) is 2.06. The summed E-state index contributed by atoms with van der Waals surface area (Å²) in [5.74, 6) is -1.68. The zero-order valence-corrected chi connectivity index (χ0v) is 7.50. The van der Waals surface area contributed by atoms with E-state index in [1.807, 2.05) is 0 Å². The Balaban J connectivity index is 2.18. The Morgan fingerprint density at radius 2 is 2.00 bits per heavy atom. The summed E-state index contributed by atoms with van der Waals surface area (Å²) in [6, 6.07) is 3.51. The minimum absolute atomic E-state index is 0.111. The summed E-state index contributed by atoms with van der Waals surface area (Å²) in [4.78, 5) is 0. The highest BCUT2D eigenvalue weighted by Crippen LogP contribution is 2.25. The zero-order valence-electron chi connectivity index (χ0n) is 7.50. The Kier molecular flexibility index (Phi) is 2.48. The average molecular weight is 199 g/mol. The van der Waals surface area contributed by atoms with Gasteiger partial charge in [0.05, 0.1) is 6.10 Å². The van der Waals surface area contributed by atoms with E-state index in [1.165, 1.54) is 6.07 Å². The van der Waals surface area contributed by atoms with Crippen LogP contribution in [0.1, 0.15) is 11.7 Å². The Morgan fingerprint density at radius 3 is 2.50 bits per heavy atom. The number of aliphatic hydroxyl groups is 1. The fraction of sp³-hybridized carbons (Fsp3) is 0.400. The van der Waals surface area contributed by atoms with E-state index in [1.54, 1.807) is 0 Å². The molecule has 2 N–H and O–H groups in total. The molecule has 0 saturated carbocycles. The monoisotopic (exact) mass is 199 g/mol. The molecule has 76 valence electrons. The number of hydrogen-bond acceptors (Lipinski definition) is 2. The number of halogens is 2. The van der Waals surface area contributed by atoms with Crippen molar-refractivity contribution in [2.75, 3.05) is 13.1 Å². The molecular weight excluding hydrogens is 188 g/mol. The number of hydrogen-bond donors (Lipinski definition) is 2. The molecule has 14 heavy (non-hydrogen) atoms. The van der Waals surface area contributed by atoms with Crippen molar-refractivity contribution in [2.45, 2.75) is 6.10 Å². The van der Waals surface area contributed by atoms with E-state index >= 15 is 0 Å². The van der Waals surface area contributed by atoms with Gasteiger partial charge in [-0.25, -0.2) is 8.78 Å². The van der Waals surface area contributed by atoms with Crippen molar-refractivity contribution in [1.82, 2.24) is 5.32 Å². The van der Waals surface area contributed by atoms with E-state index in [9.17, 15) is 13.9 Å². The summed E-state index contributed by atoms with van der Waals surface area (Å²) >= 11 is 0. The molecule has 1 fully saturated rings. The number of nitrogens with one attached hydrogen (secondary N) is 1. The molecule has 2 nitrogen and oxygen atoms in total. The molecule has 0 aliphatic carbocycles. The van der Waals surface area contributed by atoms with Gasteiger partial charge in [-0.3, -0.25) is 0 Å². The van der Waals surface area contributed by atoms with Gasteiger partial charge in [0.25, 0.3) is 0 Å². The molecule has 0 radical (unpaired) electrons. The van der Waals surface area contributed by atoms with Crippen LogP contribution in [0.5, 0.6) is 0 Å². The fourth-order valence-electron chi connectivity index (χ4n) is 1.50. The van der Waals surface area contributed by atoms with Crippen molar-refractivity contribution in [3.63, 3.8) is 0 Å². The Bertz CT molecular complexity index is 339. The SMILES string of the molecule is OC(c1ccc(F)c(F)c1)C1CNC1. The molecule has 1 heterocycles. The van der Waals surface area contributed by atoms with Crippen LogP contribution in [-0.4, -0.2) is 18.2 Å². The molecule has 1 saturated heterocycles. The van der Waals surface area contributed by atoms with Crippen LogP contribution in [-0.2, 0) is 0 Å². The van der Waals surface area contributed by atoms with Crippen molar-refractivity contribution in [2.24, 2.45) is 5.92 Å². The van der Waals surface area contributed by atoms with Gasteiger partial charge in [-0.05, 0) is 17.7 Å². The van der Waals surface area contributed by atoms with Gasteiger partial charge in [-0.2, -0.15) is 0 Å². The number of rotatable bonds is 2. The molecule has 0 spiro atoms. The minimum Gasteiger partial charge on any atom is -0.388 e. The van der Waals surface area contributed by atoms with E-state index < -0.39 is 17.7 Å². The lowest BCUT2D eigenvalue weighted by molar-refractivity contribution is 0.0763. The predicted octanol–water partition coefficient (Wildman–Crippen LogP) is 1.22. The van der Waals surface area contributed by atoms with Crippen LogP contribution in [0.3, 0.4) is 0 Å². The highest BCUT2D eigenvalue weighted by molar-refractivity contribution is 5.21. The maximum absolute atomic E-state index is 12.8. The Morgan fingerprint density at radius 1 is 1.29 bits per heavy atom. The third-order valence-electron chi connectivity index (χ3n) is 2.54. The molecule has 1 aliphatic heterocycles. The van der Waals surface area contributed by atoms with Crippen LogP contribution in [0, 0.1) is 17.6 Å². The lowest BCUT2D eigenvalue weighted by atomic mass is 9.91. The highest BCUT2D eigenvalue weighted by Gasteiger charge is 2.26. The van der Waals surface area contributed by atoms with Crippen LogP contribution in [0.25, 0.3) is 0 Å². The summed E-state index contributed by atoms with van der Waals surface area (Å²) in [7, 11) is 0. The minimum atomic E-state index is -0.908. The van der Waals surface area contributed by atoms with Crippen LogP contribution in [0.2, 0.25) is 0 Å². The summed E-state index contributed by atoms with van der Waals surface area (Å²) < 4.78 is 25.4. The van der Waals surface area contributed by atoms with E-state index in [0.29, 0.717) is 5.56 Å². The molecule has 1 aromatic carbocycles. The highest BCUT2D eigenvalue weighted by atomic mass is 19.2. The molecule has 2 rings (SSSR count). The van der Waals surface area contributed by atoms with Gasteiger partial charge < -0.3 is 10.4 Å². The van der Waals surface area contributed by atoms with E-state index in [4.69, 9.17) is 0 Å². The van der Waals surface area contributed by atoms with E-state index in [-0.39, 0.29) is 5.92 Å². The first-order valence-electron chi connectivity index (χ1n) is 4.52. The lowest BCUT2D eigenvalue weighted by Crippen LogP contribution is -2.45. The smallest absolute Gasteiger partial charge is 0.159 e. The maximum atomic E-state index is 12.8. The van der Waals surface area contributed by atoms with Crippen molar-refractivity contribution >= 4 is 0 Å². The molecule has 1 unspecified atom stereocenters. The van der Waals surface area contributed by atoms with Crippen LogP contribution in [0.4, 0.5) is 8.78 Å². The third kappa shape index (κ3) is 1.63. The van der Waals surface area contributed by atoms with E-state index in [2.05, 4.69) is 5.32 Å². The van der Waals surface area contributed by atoms with Gasteiger partial charge in [-0.1, -0.05) is 6.07 Å². The van der Waals surface area contributed by atoms with Gasteiger partial charge >= 0.3 is 0 Å². The molecular formula is C10H11F2NO. The summed E-state index contributed by atoms with van der Waals surface area (Å²) in [6.45, 7) is 1.44. The predicted molar refractivity (Wildman–Crippen MR) is 47.7 cm³/mol. The van der Waals surface area contributed by atoms with Gasteiger partial charge in [0.1, 0.15) is 0 Å². The molecule has 4 heteroatoms. The molecule has 0 amide bonds. The molecule has 0 aromatic heterocycles. The van der Waals surface area contributed by atoms with Crippen molar-refractivity contribution < 1.29 is 13.9 Å². The Hall–Kier alpha value is -1.00. The van der Waals surface area contributed by atoms with E-state index in [0.717, 1.165) is 25.2 Å². The van der Waals surface area contributed by atoms with Gasteiger partial charge in [0.15, 0.2) is 11.6 Å². The number of aliphatic hydroxyl groups excluding tert-OH is 1. The second-order valence-electron chi connectivity index (χ2n) is 3.54. The zero-order chi connectivity index (χ0) is 10.1.